The fraction of sp³-hybridized carbons (Fsp3) is 0.214. The molecule has 0 aliphatic heterocycles. The summed E-state index contributed by atoms with van der Waals surface area (Å²) in [6.07, 6.45) is 0.490. The van der Waals surface area contributed by atoms with Crippen LogP contribution in [0.5, 0.6) is 17.2 Å². The Kier molecular flexibility index (Phi) is 6.97. The molecule has 34 heavy (non-hydrogen) atoms. The van der Waals surface area contributed by atoms with E-state index in [0.717, 1.165) is 11.1 Å². The van der Waals surface area contributed by atoms with Gasteiger partial charge in [0.05, 0.1) is 12.0 Å². The van der Waals surface area contributed by atoms with Crippen molar-refractivity contribution in [3.63, 3.8) is 0 Å². The standard InChI is InChI=1S/C28H26O6/c1-18(2)16-32-28(30)19(3)33-23-13-14-24-25(15-23)31-17-26(27(24)29)34-22-11-9-21(10-12-22)20-7-5-4-6-8-20/h4-15,17-19H,16H2,1-3H3/t19-/m1/s1. The van der Waals surface area contributed by atoms with Crippen molar-refractivity contribution in [2.24, 2.45) is 5.92 Å². The molecule has 4 aromatic rings. The Morgan fingerprint density at radius 1 is 0.882 bits per heavy atom. The maximum absolute atomic E-state index is 12.9. The lowest BCUT2D eigenvalue weighted by Crippen LogP contribution is -2.27. The maximum Gasteiger partial charge on any atom is 0.347 e. The van der Waals surface area contributed by atoms with Gasteiger partial charge in [0, 0.05) is 6.07 Å². The van der Waals surface area contributed by atoms with Crippen LogP contribution in [0.25, 0.3) is 22.1 Å². The van der Waals surface area contributed by atoms with Crippen molar-refractivity contribution in [1.29, 1.82) is 0 Å². The monoisotopic (exact) mass is 458 g/mol. The van der Waals surface area contributed by atoms with Gasteiger partial charge in [0.1, 0.15) is 23.3 Å². The Balaban J connectivity index is 1.48. The molecule has 0 saturated carbocycles. The molecule has 0 aliphatic rings. The van der Waals surface area contributed by atoms with Gasteiger partial charge in [-0.05, 0) is 48.2 Å². The molecule has 0 spiro atoms. The minimum absolute atomic E-state index is 0.0826. The maximum atomic E-state index is 12.9. The van der Waals surface area contributed by atoms with Crippen molar-refractivity contribution in [3.05, 3.63) is 89.3 Å². The van der Waals surface area contributed by atoms with Gasteiger partial charge in [-0.15, -0.1) is 0 Å². The van der Waals surface area contributed by atoms with Crippen LogP contribution in [0.1, 0.15) is 20.8 Å². The summed E-state index contributed by atoms with van der Waals surface area (Å²) in [7, 11) is 0. The lowest BCUT2D eigenvalue weighted by molar-refractivity contribution is -0.152. The lowest BCUT2D eigenvalue weighted by Gasteiger charge is -2.15. The summed E-state index contributed by atoms with van der Waals surface area (Å²) >= 11 is 0. The normalized spacial score (nSPS) is 11.9. The highest BCUT2D eigenvalue weighted by molar-refractivity contribution is 5.79. The summed E-state index contributed by atoms with van der Waals surface area (Å²) in [6.45, 7) is 5.86. The Morgan fingerprint density at radius 3 is 2.26 bits per heavy atom. The fourth-order valence-electron chi connectivity index (χ4n) is 3.33. The molecule has 0 aliphatic carbocycles. The van der Waals surface area contributed by atoms with Gasteiger partial charge in [0.2, 0.25) is 11.2 Å². The number of carbonyl (C=O) groups is 1. The van der Waals surface area contributed by atoms with Crippen LogP contribution >= 0.6 is 0 Å². The van der Waals surface area contributed by atoms with Gasteiger partial charge in [-0.2, -0.15) is 0 Å². The molecule has 0 fully saturated rings. The number of hydrogen-bond acceptors (Lipinski definition) is 6. The fourth-order valence-corrected chi connectivity index (χ4v) is 3.33. The van der Waals surface area contributed by atoms with Crippen LogP contribution in [0, 0.1) is 5.92 Å². The van der Waals surface area contributed by atoms with E-state index >= 15 is 0 Å². The number of fused-ring (bicyclic) bond motifs is 1. The van der Waals surface area contributed by atoms with Crippen LogP contribution in [0.4, 0.5) is 0 Å². The molecule has 0 saturated heterocycles. The highest BCUT2D eigenvalue weighted by atomic mass is 16.6. The molecule has 0 amide bonds. The molecule has 174 valence electrons. The van der Waals surface area contributed by atoms with Crippen molar-refractivity contribution in [2.45, 2.75) is 26.9 Å². The molecule has 6 nitrogen and oxygen atoms in total. The third kappa shape index (κ3) is 5.46. The van der Waals surface area contributed by atoms with Crippen LogP contribution in [-0.2, 0) is 9.53 Å². The first-order valence-corrected chi connectivity index (χ1v) is 11.1. The first-order chi connectivity index (χ1) is 16.4. The molecule has 4 rings (SSSR count). The minimum Gasteiger partial charge on any atom is -0.479 e. The van der Waals surface area contributed by atoms with Gasteiger partial charge in [-0.25, -0.2) is 4.79 Å². The highest BCUT2D eigenvalue weighted by Crippen LogP contribution is 2.27. The van der Waals surface area contributed by atoms with Crippen LogP contribution in [-0.4, -0.2) is 18.7 Å². The zero-order valence-corrected chi connectivity index (χ0v) is 19.3. The molecule has 0 unspecified atom stereocenters. The molecular formula is C28H26O6. The van der Waals surface area contributed by atoms with E-state index in [1.165, 1.54) is 6.26 Å². The zero-order chi connectivity index (χ0) is 24.1. The molecule has 1 aromatic heterocycles. The first kappa shape index (κ1) is 23.1. The predicted molar refractivity (Wildman–Crippen MR) is 130 cm³/mol. The highest BCUT2D eigenvalue weighted by Gasteiger charge is 2.18. The largest absolute Gasteiger partial charge is 0.479 e. The summed E-state index contributed by atoms with van der Waals surface area (Å²) in [5.41, 5.74) is 2.18. The van der Waals surface area contributed by atoms with Gasteiger partial charge < -0.3 is 18.6 Å². The number of carbonyl (C=O) groups excluding carboxylic acids is 1. The summed E-state index contributed by atoms with van der Waals surface area (Å²) < 4.78 is 22.3. The number of esters is 1. The van der Waals surface area contributed by atoms with E-state index < -0.39 is 12.1 Å². The van der Waals surface area contributed by atoms with Gasteiger partial charge >= 0.3 is 5.97 Å². The van der Waals surface area contributed by atoms with Crippen molar-refractivity contribution < 1.29 is 23.4 Å². The Morgan fingerprint density at radius 2 is 1.56 bits per heavy atom. The van der Waals surface area contributed by atoms with E-state index in [9.17, 15) is 9.59 Å². The van der Waals surface area contributed by atoms with Gasteiger partial charge in [-0.1, -0.05) is 56.3 Å². The SMILES string of the molecule is CC(C)COC(=O)[C@@H](C)Oc1ccc2c(=O)c(Oc3ccc(-c4ccccc4)cc3)coc2c1. The summed E-state index contributed by atoms with van der Waals surface area (Å²) in [5.74, 6) is 0.802. The quantitative estimate of drug-likeness (QED) is 0.292. The van der Waals surface area contributed by atoms with Crippen LogP contribution in [0.15, 0.2) is 88.3 Å². The number of rotatable bonds is 8. The zero-order valence-electron chi connectivity index (χ0n) is 19.3. The molecular weight excluding hydrogens is 432 g/mol. The van der Waals surface area contributed by atoms with Crippen LogP contribution in [0.3, 0.4) is 0 Å². The molecule has 0 radical (unpaired) electrons. The van der Waals surface area contributed by atoms with E-state index in [4.69, 9.17) is 18.6 Å². The first-order valence-electron chi connectivity index (χ1n) is 11.1. The summed E-state index contributed by atoms with van der Waals surface area (Å²) in [4.78, 5) is 25.0. The van der Waals surface area contributed by atoms with Gasteiger partial charge in [-0.3, -0.25) is 4.79 Å². The van der Waals surface area contributed by atoms with E-state index in [1.807, 2.05) is 68.4 Å². The van der Waals surface area contributed by atoms with E-state index in [1.54, 1.807) is 25.1 Å². The van der Waals surface area contributed by atoms with Crippen molar-refractivity contribution in [1.82, 2.24) is 0 Å². The summed E-state index contributed by atoms with van der Waals surface area (Å²) in [6, 6.07) is 22.3. The smallest absolute Gasteiger partial charge is 0.347 e. The Bertz CT molecular complexity index is 1320. The topological polar surface area (TPSA) is 75.0 Å². The van der Waals surface area contributed by atoms with E-state index in [2.05, 4.69) is 0 Å². The van der Waals surface area contributed by atoms with Crippen LogP contribution in [0.2, 0.25) is 0 Å². The molecule has 0 N–H and O–H groups in total. The van der Waals surface area contributed by atoms with Crippen molar-refractivity contribution in [2.75, 3.05) is 6.61 Å². The number of hydrogen-bond donors (Lipinski definition) is 0. The van der Waals surface area contributed by atoms with Crippen LogP contribution < -0.4 is 14.9 Å². The molecule has 1 atom stereocenters. The third-order valence-electron chi connectivity index (χ3n) is 5.11. The Hall–Kier alpha value is -4.06. The second-order valence-electron chi connectivity index (χ2n) is 8.36. The third-order valence-corrected chi connectivity index (χ3v) is 5.11. The predicted octanol–water partition coefficient (Wildman–Crippen LogP) is 6.22. The summed E-state index contributed by atoms with van der Waals surface area (Å²) in [5, 5.41) is 0.348. The minimum atomic E-state index is -0.788. The molecule has 1 heterocycles. The van der Waals surface area contributed by atoms with Crippen molar-refractivity contribution in [3.8, 4) is 28.4 Å². The Labute approximate surface area is 197 Å². The average Bonchev–Trinajstić information content (AvgIpc) is 2.85. The molecule has 6 heteroatoms. The second kappa shape index (κ2) is 10.3. The number of ether oxygens (including phenoxy) is 3. The molecule has 3 aromatic carbocycles. The second-order valence-corrected chi connectivity index (χ2v) is 8.36. The molecule has 0 bridgehead atoms. The number of benzene rings is 3. The van der Waals surface area contributed by atoms with E-state index in [0.29, 0.717) is 29.1 Å². The van der Waals surface area contributed by atoms with Gasteiger partial charge in [0.15, 0.2) is 6.10 Å². The lowest BCUT2D eigenvalue weighted by atomic mass is 10.1. The average molecular weight is 459 g/mol. The van der Waals surface area contributed by atoms with Gasteiger partial charge in [0.25, 0.3) is 0 Å². The van der Waals surface area contributed by atoms with Crippen molar-refractivity contribution >= 4 is 16.9 Å². The van der Waals surface area contributed by atoms with E-state index in [-0.39, 0.29) is 17.1 Å².